The molecule has 0 spiro atoms. The first kappa shape index (κ1) is 19.6. The number of amides is 1. The molecule has 1 aliphatic heterocycles. The lowest BCUT2D eigenvalue weighted by Crippen LogP contribution is -2.40. The smallest absolute Gasteiger partial charge is 0.223 e. The standard InChI is InChI=1S/C20H27N3O3S/c1-3-22-13-11-21-20(22)17-5-4-12-23(15-17)19(24)10-14-27(25,26)18-8-6-16(2)7-9-18/h6-9,11,13,17H,3-5,10,12,14-15H2,1-2H3/t17-/m0/s1. The minimum absolute atomic E-state index is 0.0190. The summed E-state index contributed by atoms with van der Waals surface area (Å²) in [6, 6.07) is 6.77. The first-order valence-corrected chi connectivity index (χ1v) is 11.1. The second-order valence-electron chi connectivity index (χ2n) is 7.13. The number of nitrogens with zero attached hydrogens (tertiary/aromatic N) is 3. The lowest BCUT2D eigenvalue weighted by Gasteiger charge is -2.32. The highest BCUT2D eigenvalue weighted by atomic mass is 32.2. The zero-order chi connectivity index (χ0) is 19.4. The van der Waals surface area contributed by atoms with E-state index in [1.165, 1.54) is 0 Å². The van der Waals surface area contributed by atoms with Gasteiger partial charge in [-0.25, -0.2) is 13.4 Å². The number of imidazole rings is 1. The number of aromatic nitrogens is 2. The van der Waals surface area contributed by atoms with E-state index in [1.54, 1.807) is 35.4 Å². The third-order valence-electron chi connectivity index (χ3n) is 5.19. The molecular weight excluding hydrogens is 362 g/mol. The fourth-order valence-electron chi connectivity index (χ4n) is 3.61. The van der Waals surface area contributed by atoms with Crippen LogP contribution >= 0.6 is 0 Å². The van der Waals surface area contributed by atoms with Crippen LogP contribution in [-0.2, 0) is 21.2 Å². The highest BCUT2D eigenvalue weighted by Crippen LogP contribution is 2.26. The van der Waals surface area contributed by atoms with Crippen LogP contribution in [0.1, 0.15) is 43.5 Å². The largest absolute Gasteiger partial charge is 0.342 e. The van der Waals surface area contributed by atoms with Crippen molar-refractivity contribution in [2.45, 2.75) is 50.5 Å². The first-order valence-electron chi connectivity index (χ1n) is 9.49. The maximum absolute atomic E-state index is 12.6. The molecule has 7 heteroatoms. The summed E-state index contributed by atoms with van der Waals surface area (Å²) in [4.78, 5) is 19.2. The number of piperidine rings is 1. The van der Waals surface area contributed by atoms with Crippen LogP contribution in [0.2, 0.25) is 0 Å². The van der Waals surface area contributed by atoms with Gasteiger partial charge in [-0.1, -0.05) is 17.7 Å². The molecule has 6 nitrogen and oxygen atoms in total. The minimum Gasteiger partial charge on any atom is -0.342 e. The number of rotatable bonds is 6. The average molecular weight is 390 g/mol. The van der Waals surface area contributed by atoms with Crippen molar-refractivity contribution in [1.29, 1.82) is 0 Å². The first-order chi connectivity index (χ1) is 12.9. The minimum atomic E-state index is -3.44. The van der Waals surface area contributed by atoms with Crippen LogP contribution in [0.4, 0.5) is 0 Å². The number of carbonyl (C=O) groups excluding carboxylic acids is 1. The van der Waals surface area contributed by atoms with Gasteiger partial charge in [0, 0.05) is 44.4 Å². The lowest BCUT2D eigenvalue weighted by molar-refractivity contribution is -0.132. The van der Waals surface area contributed by atoms with Gasteiger partial charge in [0.2, 0.25) is 5.91 Å². The molecule has 0 N–H and O–H groups in total. The Morgan fingerprint density at radius 1 is 1.26 bits per heavy atom. The average Bonchev–Trinajstić information content (AvgIpc) is 3.15. The van der Waals surface area contributed by atoms with E-state index in [0.29, 0.717) is 13.1 Å². The summed E-state index contributed by atoms with van der Waals surface area (Å²) in [5, 5.41) is 0. The predicted octanol–water partition coefficient (Wildman–Crippen LogP) is 2.78. The van der Waals surface area contributed by atoms with Gasteiger partial charge in [-0.05, 0) is 38.8 Å². The SMILES string of the molecule is CCn1ccnc1[C@H]1CCCN(C(=O)CCS(=O)(=O)c2ccc(C)cc2)C1. The molecule has 2 aromatic rings. The highest BCUT2D eigenvalue weighted by Gasteiger charge is 2.28. The van der Waals surface area contributed by atoms with E-state index < -0.39 is 9.84 Å². The Hall–Kier alpha value is -2.15. The molecule has 0 aliphatic carbocycles. The van der Waals surface area contributed by atoms with Crippen molar-refractivity contribution in [3.05, 3.63) is 48.0 Å². The Labute approximate surface area is 161 Å². The second kappa shape index (κ2) is 8.25. The van der Waals surface area contributed by atoms with Crippen molar-refractivity contribution in [2.75, 3.05) is 18.8 Å². The maximum Gasteiger partial charge on any atom is 0.223 e. The molecule has 1 aromatic heterocycles. The molecule has 1 saturated heterocycles. The van der Waals surface area contributed by atoms with Crippen LogP contribution in [-0.4, -0.2) is 47.6 Å². The van der Waals surface area contributed by atoms with Crippen LogP contribution in [0.5, 0.6) is 0 Å². The van der Waals surface area contributed by atoms with Gasteiger partial charge in [0.25, 0.3) is 0 Å². The third-order valence-corrected chi connectivity index (χ3v) is 6.92. The summed E-state index contributed by atoms with van der Waals surface area (Å²) >= 11 is 0. The summed E-state index contributed by atoms with van der Waals surface area (Å²) in [7, 11) is -3.44. The van der Waals surface area contributed by atoms with E-state index in [2.05, 4.69) is 16.5 Å². The Balaban J connectivity index is 1.61. The maximum atomic E-state index is 12.6. The molecule has 0 saturated carbocycles. The molecule has 3 rings (SSSR count). The molecule has 2 heterocycles. The van der Waals surface area contributed by atoms with E-state index in [9.17, 15) is 13.2 Å². The van der Waals surface area contributed by atoms with Crippen LogP contribution in [0.25, 0.3) is 0 Å². The third kappa shape index (κ3) is 4.58. The van der Waals surface area contributed by atoms with Crippen molar-refractivity contribution in [2.24, 2.45) is 0 Å². The number of hydrogen-bond donors (Lipinski definition) is 0. The van der Waals surface area contributed by atoms with Gasteiger partial charge in [0.05, 0.1) is 10.6 Å². The van der Waals surface area contributed by atoms with E-state index in [4.69, 9.17) is 0 Å². The number of benzene rings is 1. The Morgan fingerprint density at radius 2 is 2.00 bits per heavy atom. The molecule has 27 heavy (non-hydrogen) atoms. The number of aryl methyl sites for hydroxylation is 2. The van der Waals surface area contributed by atoms with Gasteiger partial charge in [0.1, 0.15) is 5.82 Å². The van der Waals surface area contributed by atoms with Crippen LogP contribution in [0, 0.1) is 6.92 Å². The summed E-state index contributed by atoms with van der Waals surface area (Å²) < 4.78 is 27.1. The molecule has 0 bridgehead atoms. The molecule has 0 radical (unpaired) electrons. The summed E-state index contributed by atoms with van der Waals surface area (Å²) in [5.74, 6) is 0.984. The van der Waals surface area contributed by atoms with E-state index in [1.807, 2.05) is 13.1 Å². The second-order valence-corrected chi connectivity index (χ2v) is 9.24. The molecule has 1 aliphatic rings. The molecule has 1 amide bonds. The normalized spacial score (nSPS) is 17.9. The van der Waals surface area contributed by atoms with Gasteiger partial charge in [0.15, 0.2) is 9.84 Å². The number of sulfone groups is 1. The lowest BCUT2D eigenvalue weighted by atomic mass is 9.97. The Kier molecular flexibility index (Phi) is 5.99. The summed E-state index contributed by atoms with van der Waals surface area (Å²) in [5.41, 5.74) is 1.01. The quantitative estimate of drug-likeness (QED) is 0.762. The fourth-order valence-corrected chi connectivity index (χ4v) is 4.84. The molecule has 1 atom stereocenters. The summed E-state index contributed by atoms with van der Waals surface area (Å²) in [6.07, 6.45) is 5.70. The van der Waals surface area contributed by atoms with Crippen molar-refractivity contribution in [3.63, 3.8) is 0 Å². The molecule has 1 aromatic carbocycles. The van der Waals surface area contributed by atoms with Crippen molar-refractivity contribution < 1.29 is 13.2 Å². The monoisotopic (exact) mass is 389 g/mol. The zero-order valence-corrected chi connectivity index (χ0v) is 16.8. The molecule has 0 unspecified atom stereocenters. The van der Waals surface area contributed by atoms with Crippen molar-refractivity contribution in [1.82, 2.24) is 14.5 Å². The Morgan fingerprint density at radius 3 is 2.70 bits per heavy atom. The van der Waals surface area contributed by atoms with Gasteiger partial charge >= 0.3 is 0 Å². The van der Waals surface area contributed by atoms with Crippen LogP contribution in [0.15, 0.2) is 41.6 Å². The summed E-state index contributed by atoms with van der Waals surface area (Å²) in [6.45, 7) is 6.14. The number of likely N-dealkylation sites (tertiary alicyclic amines) is 1. The topological polar surface area (TPSA) is 72.3 Å². The van der Waals surface area contributed by atoms with E-state index >= 15 is 0 Å². The van der Waals surface area contributed by atoms with Crippen molar-refractivity contribution >= 4 is 15.7 Å². The molecule has 146 valence electrons. The highest BCUT2D eigenvalue weighted by molar-refractivity contribution is 7.91. The van der Waals surface area contributed by atoms with Gasteiger partial charge in [-0.3, -0.25) is 4.79 Å². The Bertz CT molecular complexity index is 887. The van der Waals surface area contributed by atoms with E-state index in [-0.39, 0.29) is 28.9 Å². The van der Waals surface area contributed by atoms with Gasteiger partial charge in [-0.15, -0.1) is 0 Å². The number of hydrogen-bond acceptors (Lipinski definition) is 4. The van der Waals surface area contributed by atoms with Crippen molar-refractivity contribution in [3.8, 4) is 0 Å². The van der Waals surface area contributed by atoms with Gasteiger partial charge in [-0.2, -0.15) is 0 Å². The zero-order valence-electron chi connectivity index (χ0n) is 16.0. The van der Waals surface area contributed by atoms with Crippen LogP contribution < -0.4 is 0 Å². The predicted molar refractivity (Wildman–Crippen MR) is 104 cm³/mol. The fraction of sp³-hybridized carbons (Fsp3) is 0.500. The molecule has 1 fully saturated rings. The molecular formula is C20H27N3O3S. The number of carbonyl (C=O) groups is 1. The van der Waals surface area contributed by atoms with Gasteiger partial charge < -0.3 is 9.47 Å². The van der Waals surface area contributed by atoms with E-state index in [0.717, 1.165) is 30.8 Å². The van der Waals surface area contributed by atoms with Crippen LogP contribution in [0.3, 0.4) is 0 Å².